The number of nitrogens with one attached hydrogen (secondary N) is 1. The zero-order valence-electron chi connectivity index (χ0n) is 10.1. The molecule has 1 fully saturated rings. The van der Waals surface area contributed by atoms with Crippen LogP contribution in [0.15, 0.2) is 0 Å². The van der Waals surface area contributed by atoms with Gasteiger partial charge < -0.3 is 10.4 Å². The smallest absolute Gasteiger partial charge is 0.304 e. The highest BCUT2D eigenvalue weighted by atomic mass is 32.2. The van der Waals surface area contributed by atoms with Crippen LogP contribution in [-0.2, 0) is 14.8 Å². The van der Waals surface area contributed by atoms with Crippen molar-refractivity contribution in [1.82, 2.24) is 9.62 Å². The summed E-state index contributed by atoms with van der Waals surface area (Å²) < 4.78 is 25.4. The number of hydrogen-bond acceptors (Lipinski definition) is 4. The van der Waals surface area contributed by atoms with E-state index in [2.05, 4.69) is 5.32 Å². The minimum absolute atomic E-state index is 0.0347. The van der Waals surface area contributed by atoms with Crippen molar-refractivity contribution in [3.63, 3.8) is 0 Å². The lowest BCUT2D eigenvalue weighted by Crippen LogP contribution is -2.49. The van der Waals surface area contributed by atoms with Crippen molar-refractivity contribution in [3.8, 4) is 0 Å². The van der Waals surface area contributed by atoms with E-state index in [1.165, 1.54) is 4.31 Å². The predicted molar refractivity (Wildman–Crippen MR) is 64.3 cm³/mol. The average molecular weight is 264 g/mol. The monoisotopic (exact) mass is 264 g/mol. The maximum absolute atomic E-state index is 12.0. The number of nitrogens with zero attached hydrogens (tertiary/aromatic N) is 1. The van der Waals surface area contributed by atoms with Gasteiger partial charge in [-0.3, -0.25) is 4.79 Å². The fourth-order valence-corrected chi connectivity index (χ4v) is 3.79. The van der Waals surface area contributed by atoms with E-state index in [0.29, 0.717) is 13.1 Å². The fraction of sp³-hybridized carbons (Fsp3) is 0.900. The van der Waals surface area contributed by atoms with Gasteiger partial charge in [0.1, 0.15) is 0 Å². The van der Waals surface area contributed by atoms with Gasteiger partial charge in [0.2, 0.25) is 10.0 Å². The Morgan fingerprint density at radius 3 is 2.71 bits per heavy atom. The standard InChI is InChI=1S/C10H20N2O4S/c1-2-12(9-4-3-6-11-8-9)17(15,16)7-5-10(13)14/h9,11H,2-8H2,1H3,(H,13,14). The van der Waals surface area contributed by atoms with Crippen molar-refractivity contribution >= 4 is 16.0 Å². The molecule has 0 aliphatic carbocycles. The molecule has 100 valence electrons. The Kier molecular flexibility index (Phi) is 5.35. The molecule has 1 saturated heterocycles. The summed E-state index contributed by atoms with van der Waals surface area (Å²) in [6.07, 6.45) is 1.46. The number of carboxylic acid groups (broad SMARTS) is 1. The van der Waals surface area contributed by atoms with Crippen LogP contribution in [0.25, 0.3) is 0 Å². The normalized spacial score (nSPS) is 21.6. The second-order valence-corrected chi connectivity index (χ2v) is 6.20. The minimum atomic E-state index is -3.45. The van der Waals surface area contributed by atoms with E-state index >= 15 is 0 Å². The minimum Gasteiger partial charge on any atom is -0.481 e. The molecule has 1 aliphatic heterocycles. The first-order chi connectivity index (χ1) is 7.97. The number of hydrogen-bond donors (Lipinski definition) is 2. The second-order valence-electron chi connectivity index (χ2n) is 4.16. The van der Waals surface area contributed by atoms with Crippen LogP contribution >= 0.6 is 0 Å². The summed E-state index contributed by atoms with van der Waals surface area (Å²) >= 11 is 0. The first kappa shape index (κ1) is 14.4. The molecule has 0 amide bonds. The van der Waals surface area contributed by atoms with Gasteiger partial charge in [0.05, 0.1) is 12.2 Å². The maximum Gasteiger partial charge on any atom is 0.304 e. The van der Waals surface area contributed by atoms with Crippen LogP contribution in [0.1, 0.15) is 26.2 Å². The van der Waals surface area contributed by atoms with E-state index in [-0.39, 0.29) is 18.2 Å². The van der Waals surface area contributed by atoms with E-state index in [1.54, 1.807) is 6.92 Å². The van der Waals surface area contributed by atoms with Crippen LogP contribution in [0.5, 0.6) is 0 Å². The molecule has 0 bridgehead atoms. The van der Waals surface area contributed by atoms with Gasteiger partial charge in [-0.15, -0.1) is 0 Å². The molecule has 1 heterocycles. The molecule has 1 aliphatic rings. The Bertz CT molecular complexity index is 349. The van der Waals surface area contributed by atoms with E-state index < -0.39 is 16.0 Å². The van der Waals surface area contributed by atoms with Gasteiger partial charge in [-0.2, -0.15) is 4.31 Å². The SMILES string of the molecule is CCN(C1CCCNC1)S(=O)(=O)CCC(=O)O. The van der Waals surface area contributed by atoms with Gasteiger partial charge in [-0.25, -0.2) is 8.42 Å². The quantitative estimate of drug-likeness (QED) is 0.697. The molecule has 1 atom stereocenters. The van der Waals surface area contributed by atoms with Crippen LogP contribution in [0.3, 0.4) is 0 Å². The second kappa shape index (κ2) is 6.32. The molecule has 0 saturated carbocycles. The van der Waals surface area contributed by atoms with Crippen LogP contribution in [0.2, 0.25) is 0 Å². The number of rotatable bonds is 6. The molecule has 17 heavy (non-hydrogen) atoms. The van der Waals surface area contributed by atoms with Gasteiger partial charge in [-0.05, 0) is 19.4 Å². The topological polar surface area (TPSA) is 86.7 Å². The summed E-state index contributed by atoms with van der Waals surface area (Å²) in [5, 5.41) is 11.7. The molecule has 2 N–H and O–H groups in total. The highest BCUT2D eigenvalue weighted by Crippen LogP contribution is 2.15. The highest BCUT2D eigenvalue weighted by molar-refractivity contribution is 7.89. The number of likely N-dealkylation sites (N-methyl/N-ethyl adjacent to an activating group) is 1. The Morgan fingerprint density at radius 1 is 1.53 bits per heavy atom. The third-order valence-electron chi connectivity index (χ3n) is 2.92. The molecule has 7 heteroatoms. The summed E-state index contributed by atoms with van der Waals surface area (Å²) in [5.74, 6) is -1.39. The lowest BCUT2D eigenvalue weighted by molar-refractivity contribution is -0.136. The number of carboxylic acids is 1. The van der Waals surface area contributed by atoms with Gasteiger partial charge in [-0.1, -0.05) is 6.92 Å². The lowest BCUT2D eigenvalue weighted by Gasteiger charge is -2.32. The molecular weight excluding hydrogens is 244 g/mol. The number of aliphatic carboxylic acids is 1. The fourth-order valence-electron chi connectivity index (χ4n) is 2.09. The molecule has 0 radical (unpaired) electrons. The Hall–Kier alpha value is -0.660. The van der Waals surface area contributed by atoms with Crippen molar-refractivity contribution in [2.75, 3.05) is 25.4 Å². The Labute approximate surface area is 102 Å². The van der Waals surface area contributed by atoms with Gasteiger partial charge in [0, 0.05) is 19.1 Å². The molecule has 0 aromatic rings. The van der Waals surface area contributed by atoms with Crippen LogP contribution in [-0.4, -0.2) is 55.2 Å². The van der Waals surface area contributed by atoms with Crippen LogP contribution in [0.4, 0.5) is 0 Å². The maximum atomic E-state index is 12.0. The third-order valence-corrected chi connectivity index (χ3v) is 4.91. The van der Waals surface area contributed by atoms with Gasteiger partial charge in [0.15, 0.2) is 0 Å². The molecule has 0 aromatic heterocycles. The van der Waals surface area contributed by atoms with Crippen molar-refractivity contribution < 1.29 is 18.3 Å². The molecule has 1 unspecified atom stereocenters. The summed E-state index contributed by atoms with van der Waals surface area (Å²) in [5.41, 5.74) is 0. The van der Waals surface area contributed by atoms with Crippen molar-refractivity contribution in [1.29, 1.82) is 0 Å². The summed E-state index contributed by atoms with van der Waals surface area (Å²) in [6, 6.07) is -0.0347. The van der Waals surface area contributed by atoms with Gasteiger partial charge in [0.25, 0.3) is 0 Å². The van der Waals surface area contributed by atoms with E-state index in [1.807, 2.05) is 0 Å². The number of piperidine rings is 1. The largest absolute Gasteiger partial charge is 0.481 e. The zero-order chi connectivity index (χ0) is 12.9. The summed E-state index contributed by atoms with van der Waals surface area (Å²) in [7, 11) is -3.45. The third kappa shape index (κ3) is 4.25. The van der Waals surface area contributed by atoms with E-state index in [4.69, 9.17) is 5.11 Å². The van der Waals surface area contributed by atoms with Crippen LogP contribution < -0.4 is 5.32 Å². The van der Waals surface area contributed by atoms with Crippen LogP contribution in [0, 0.1) is 0 Å². The first-order valence-electron chi connectivity index (χ1n) is 5.89. The average Bonchev–Trinajstić information content (AvgIpc) is 2.29. The molecule has 1 rings (SSSR count). The lowest BCUT2D eigenvalue weighted by atomic mass is 10.1. The van der Waals surface area contributed by atoms with Gasteiger partial charge >= 0.3 is 5.97 Å². The first-order valence-corrected chi connectivity index (χ1v) is 7.50. The van der Waals surface area contributed by atoms with Crippen molar-refractivity contribution in [3.05, 3.63) is 0 Å². The predicted octanol–water partition coefficient (Wildman–Crippen LogP) is -0.135. The number of sulfonamides is 1. The summed E-state index contributed by atoms with van der Waals surface area (Å²) in [6.45, 7) is 3.75. The highest BCUT2D eigenvalue weighted by Gasteiger charge is 2.29. The zero-order valence-corrected chi connectivity index (χ0v) is 10.9. The van der Waals surface area contributed by atoms with Crippen molar-refractivity contribution in [2.45, 2.75) is 32.2 Å². The number of carbonyl (C=O) groups is 1. The molecule has 6 nitrogen and oxygen atoms in total. The van der Waals surface area contributed by atoms with Crippen molar-refractivity contribution in [2.24, 2.45) is 0 Å². The molecular formula is C10H20N2O4S. The summed E-state index contributed by atoms with van der Waals surface area (Å²) in [4.78, 5) is 10.4. The van der Waals surface area contributed by atoms with E-state index in [9.17, 15) is 13.2 Å². The Morgan fingerprint density at radius 2 is 2.24 bits per heavy atom. The molecule has 0 spiro atoms. The Balaban J connectivity index is 2.67. The molecule has 0 aromatic carbocycles. The van der Waals surface area contributed by atoms with E-state index in [0.717, 1.165) is 19.4 Å².